The second kappa shape index (κ2) is 5.58. The van der Waals surface area contributed by atoms with Gasteiger partial charge in [-0.3, -0.25) is 19.8 Å². The molecule has 1 aliphatic heterocycles. The summed E-state index contributed by atoms with van der Waals surface area (Å²) in [6, 6.07) is 9.17. The van der Waals surface area contributed by atoms with Crippen molar-refractivity contribution in [2.45, 2.75) is 0 Å². The SMILES string of the molecule is C=CCN1C(=O)/C(=C\c2ccccc2)C(=O)NC1=S. The molecule has 96 valence electrons. The molecule has 0 radical (unpaired) electrons. The quantitative estimate of drug-likeness (QED) is 0.392. The largest absolute Gasteiger partial charge is 0.298 e. The Hall–Kier alpha value is -2.27. The smallest absolute Gasteiger partial charge is 0.265 e. The van der Waals surface area contributed by atoms with Gasteiger partial charge in [0.2, 0.25) is 0 Å². The molecular formula is C14H12N2O2S. The first kappa shape index (κ1) is 13.2. The van der Waals surface area contributed by atoms with Gasteiger partial charge in [-0.1, -0.05) is 36.4 Å². The van der Waals surface area contributed by atoms with Crippen molar-refractivity contribution in [1.82, 2.24) is 10.2 Å². The Bertz CT molecular complexity index is 578. The van der Waals surface area contributed by atoms with Crippen molar-refractivity contribution in [2.75, 3.05) is 6.54 Å². The number of amides is 2. The molecule has 0 aromatic heterocycles. The zero-order valence-corrected chi connectivity index (χ0v) is 10.9. The number of nitrogens with zero attached hydrogens (tertiary/aromatic N) is 1. The molecule has 0 spiro atoms. The molecule has 0 bridgehead atoms. The monoisotopic (exact) mass is 272 g/mol. The third-order valence-electron chi connectivity index (χ3n) is 2.61. The van der Waals surface area contributed by atoms with Gasteiger partial charge in [-0.25, -0.2) is 0 Å². The third-order valence-corrected chi connectivity index (χ3v) is 2.93. The van der Waals surface area contributed by atoms with Crippen LogP contribution < -0.4 is 5.32 Å². The van der Waals surface area contributed by atoms with Crippen LogP contribution in [0.2, 0.25) is 0 Å². The van der Waals surface area contributed by atoms with Crippen LogP contribution in [0.15, 0.2) is 48.6 Å². The Kier molecular flexibility index (Phi) is 3.87. The summed E-state index contributed by atoms with van der Waals surface area (Å²) >= 11 is 4.96. The van der Waals surface area contributed by atoms with Crippen LogP contribution in [0.5, 0.6) is 0 Å². The van der Waals surface area contributed by atoms with Crippen LogP contribution >= 0.6 is 12.2 Å². The molecule has 1 aromatic carbocycles. The molecule has 1 fully saturated rings. The Morgan fingerprint density at radius 1 is 1.26 bits per heavy atom. The zero-order chi connectivity index (χ0) is 13.8. The van der Waals surface area contributed by atoms with E-state index < -0.39 is 11.8 Å². The molecule has 2 rings (SSSR count). The van der Waals surface area contributed by atoms with E-state index in [0.29, 0.717) is 0 Å². The van der Waals surface area contributed by atoms with Crippen LogP contribution in [0.3, 0.4) is 0 Å². The van der Waals surface area contributed by atoms with Gasteiger partial charge in [-0.2, -0.15) is 0 Å². The first-order valence-electron chi connectivity index (χ1n) is 5.68. The van der Waals surface area contributed by atoms with Crippen molar-refractivity contribution in [3.05, 3.63) is 54.1 Å². The average Bonchev–Trinajstić information content (AvgIpc) is 2.41. The van der Waals surface area contributed by atoms with Gasteiger partial charge in [0.1, 0.15) is 5.57 Å². The van der Waals surface area contributed by atoms with Crippen molar-refractivity contribution in [3.8, 4) is 0 Å². The third kappa shape index (κ3) is 2.77. The van der Waals surface area contributed by atoms with Gasteiger partial charge in [0, 0.05) is 6.54 Å². The van der Waals surface area contributed by atoms with Crippen LogP contribution in [0.1, 0.15) is 5.56 Å². The van der Waals surface area contributed by atoms with Crippen molar-refractivity contribution >= 4 is 35.2 Å². The van der Waals surface area contributed by atoms with E-state index in [0.717, 1.165) is 5.56 Å². The Morgan fingerprint density at radius 2 is 1.95 bits per heavy atom. The summed E-state index contributed by atoms with van der Waals surface area (Å²) in [5, 5.41) is 2.61. The summed E-state index contributed by atoms with van der Waals surface area (Å²) in [6.45, 7) is 3.83. The lowest BCUT2D eigenvalue weighted by Gasteiger charge is -2.27. The van der Waals surface area contributed by atoms with E-state index in [4.69, 9.17) is 12.2 Å². The highest BCUT2D eigenvalue weighted by molar-refractivity contribution is 7.80. The van der Waals surface area contributed by atoms with Gasteiger partial charge < -0.3 is 0 Å². The number of benzene rings is 1. The Morgan fingerprint density at radius 3 is 2.58 bits per heavy atom. The lowest BCUT2D eigenvalue weighted by molar-refractivity contribution is -0.128. The minimum atomic E-state index is -0.473. The number of carbonyl (C=O) groups excluding carboxylic acids is 2. The van der Waals surface area contributed by atoms with Gasteiger partial charge in [-0.15, -0.1) is 6.58 Å². The van der Waals surface area contributed by atoms with Crippen LogP contribution in [-0.2, 0) is 9.59 Å². The van der Waals surface area contributed by atoms with Gasteiger partial charge in [0.05, 0.1) is 0 Å². The van der Waals surface area contributed by atoms with Gasteiger partial charge >= 0.3 is 0 Å². The van der Waals surface area contributed by atoms with E-state index in [1.54, 1.807) is 12.2 Å². The maximum absolute atomic E-state index is 12.2. The fourth-order valence-corrected chi connectivity index (χ4v) is 1.95. The predicted molar refractivity (Wildman–Crippen MR) is 77.1 cm³/mol. The second-order valence-corrected chi connectivity index (χ2v) is 4.32. The molecule has 1 aromatic rings. The molecule has 0 unspecified atom stereocenters. The second-order valence-electron chi connectivity index (χ2n) is 3.93. The molecule has 0 aliphatic carbocycles. The van der Waals surface area contributed by atoms with E-state index in [1.807, 2.05) is 30.3 Å². The van der Waals surface area contributed by atoms with Crippen molar-refractivity contribution < 1.29 is 9.59 Å². The summed E-state index contributed by atoms with van der Waals surface area (Å²) in [5.74, 6) is -0.878. The van der Waals surface area contributed by atoms with E-state index in [-0.39, 0.29) is 17.2 Å². The maximum Gasteiger partial charge on any atom is 0.265 e. The van der Waals surface area contributed by atoms with E-state index in [9.17, 15) is 9.59 Å². The molecule has 5 heteroatoms. The fraction of sp³-hybridized carbons (Fsp3) is 0.0714. The van der Waals surface area contributed by atoms with E-state index in [2.05, 4.69) is 11.9 Å². The van der Waals surface area contributed by atoms with E-state index >= 15 is 0 Å². The topological polar surface area (TPSA) is 49.4 Å². The number of hydrogen-bond acceptors (Lipinski definition) is 3. The molecule has 0 saturated carbocycles. The lowest BCUT2D eigenvalue weighted by Crippen LogP contribution is -2.53. The number of rotatable bonds is 3. The molecule has 0 atom stereocenters. The summed E-state index contributed by atoms with van der Waals surface area (Å²) in [5.41, 5.74) is 0.856. The number of hydrogen-bond donors (Lipinski definition) is 1. The molecule has 1 heterocycles. The highest BCUT2D eigenvalue weighted by atomic mass is 32.1. The normalized spacial score (nSPS) is 17.6. The average molecular weight is 272 g/mol. The van der Waals surface area contributed by atoms with Gasteiger partial charge in [-0.05, 0) is 23.9 Å². The molecule has 19 heavy (non-hydrogen) atoms. The number of nitrogens with one attached hydrogen (secondary N) is 1. The van der Waals surface area contributed by atoms with Crippen molar-refractivity contribution in [1.29, 1.82) is 0 Å². The Balaban J connectivity index is 2.36. The highest BCUT2D eigenvalue weighted by Crippen LogP contribution is 2.14. The predicted octanol–water partition coefficient (Wildman–Crippen LogP) is 1.50. The summed E-state index contributed by atoms with van der Waals surface area (Å²) < 4.78 is 0. The van der Waals surface area contributed by atoms with Gasteiger partial charge in [0.15, 0.2) is 5.11 Å². The molecular weight excluding hydrogens is 260 g/mol. The van der Waals surface area contributed by atoms with Crippen LogP contribution in [0.25, 0.3) is 6.08 Å². The molecule has 1 N–H and O–H groups in total. The molecule has 1 saturated heterocycles. The standard InChI is InChI=1S/C14H12N2O2S/c1-2-8-16-13(18)11(12(17)15-14(16)19)9-10-6-4-3-5-7-10/h2-7,9H,1,8H2,(H,15,17,19)/b11-9-. The highest BCUT2D eigenvalue weighted by Gasteiger charge is 2.32. The van der Waals surface area contributed by atoms with E-state index in [1.165, 1.54) is 4.90 Å². The van der Waals surface area contributed by atoms with Crippen molar-refractivity contribution in [2.24, 2.45) is 0 Å². The minimum Gasteiger partial charge on any atom is -0.298 e. The summed E-state index contributed by atoms with van der Waals surface area (Å²) in [7, 11) is 0. The minimum absolute atomic E-state index is 0.0710. The van der Waals surface area contributed by atoms with Gasteiger partial charge in [0.25, 0.3) is 11.8 Å². The zero-order valence-electron chi connectivity index (χ0n) is 10.1. The van der Waals surface area contributed by atoms with Crippen LogP contribution in [0, 0.1) is 0 Å². The molecule has 1 aliphatic rings. The number of carbonyl (C=O) groups is 2. The lowest BCUT2D eigenvalue weighted by atomic mass is 10.1. The first-order valence-corrected chi connectivity index (χ1v) is 6.09. The number of thiocarbonyl (C=S) groups is 1. The fourth-order valence-electron chi connectivity index (χ4n) is 1.70. The summed E-state index contributed by atoms with van der Waals surface area (Å²) in [4.78, 5) is 25.3. The maximum atomic E-state index is 12.2. The van der Waals surface area contributed by atoms with Crippen molar-refractivity contribution in [3.63, 3.8) is 0 Å². The first-order chi connectivity index (χ1) is 9.13. The Labute approximate surface area is 116 Å². The van der Waals surface area contributed by atoms with Crippen LogP contribution in [-0.4, -0.2) is 28.4 Å². The molecule has 2 amide bonds. The molecule has 4 nitrogen and oxygen atoms in total. The van der Waals surface area contributed by atoms with Crippen LogP contribution in [0.4, 0.5) is 0 Å². The summed E-state index contributed by atoms with van der Waals surface area (Å²) in [6.07, 6.45) is 3.11.